The molecule has 5 nitrogen and oxygen atoms in total. The Morgan fingerprint density at radius 3 is 2.77 bits per heavy atom. The van der Waals surface area contributed by atoms with E-state index in [0.29, 0.717) is 4.47 Å². The molecule has 0 amide bonds. The first kappa shape index (κ1) is 23.6. The van der Waals surface area contributed by atoms with Crippen LogP contribution in [0.1, 0.15) is 18.9 Å². The number of morpholine rings is 1. The largest absolute Gasteiger partial charge is 0.379 e. The third kappa shape index (κ3) is 8.96. The van der Waals surface area contributed by atoms with Gasteiger partial charge in [-0.05, 0) is 53.4 Å². The summed E-state index contributed by atoms with van der Waals surface area (Å²) in [6.45, 7) is 9.24. The number of rotatable bonds is 8. The van der Waals surface area contributed by atoms with E-state index in [1.165, 1.54) is 6.07 Å². The second kappa shape index (κ2) is 13.7. The Morgan fingerprint density at radius 1 is 1.31 bits per heavy atom. The molecule has 0 spiro atoms. The Balaban J connectivity index is 0.00000338. The van der Waals surface area contributed by atoms with Crippen LogP contribution in [0.3, 0.4) is 0 Å². The molecule has 0 bridgehead atoms. The Kier molecular flexibility index (Phi) is 12.4. The summed E-state index contributed by atoms with van der Waals surface area (Å²) in [6.07, 6.45) is 1.86. The van der Waals surface area contributed by atoms with E-state index in [0.717, 1.165) is 76.8 Å². The van der Waals surface area contributed by atoms with Gasteiger partial charge in [0.25, 0.3) is 0 Å². The predicted molar refractivity (Wildman–Crippen MR) is 119 cm³/mol. The first-order chi connectivity index (χ1) is 12.2. The van der Waals surface area contributed by atoms with E-state index in [9.17, 15) is 4.39 Å². The zero-order chi connectivity index (χ0) is 17.9. The molecule has 0 aromatic heterocycles. The van der Waals surface area contributed by atoms with Gasteiger partial charge in [0.15, 0.2) is 5.96 Å². The maximum atomic E-state index is 13.3. The summed E-state index contributed by atoms with van der Waals surface area (Å²) >= 11 is 3.22. The van der Waals surface area contributed by atoms with Gasteiger partial charge in [-0.15, -0.1) is 24.0 Å². The van der Waals surface area contributed by atoms with E-state index in [2.05, 4.69) is 43.4 Å². The van der Waals surface area contributed by atoms with Gasteiger partial charge in [0.05, 0.1) is 17.7 Å². The second-order valence-corrected chi connectivity index (χ2v) is 6.85. The molecule has 1 saturated heterocycles. The van der Waals surface area contributed by atoms with Crippen LogP contribution in [-0.2, 0) is 11.2 Å². The van der Waals surface area contributed by atoms with Crippen molar-refractivity contribution in [3.8, 4) is 0 Å². The minimum absolute atomic E-state index is 0. The fourth-order valence-electron chi connectivity index (χ4n) is 2.67. The van der Waals surface area contributed by atoms with Gasteiger partial charge in [-0.3, -0.25) is 9.89 Å². The molecule has 0 unspecified atom stereocenters. The molecule has 0 aliphatic carbocycles. The summed E-state index contributed by atoms with van der Waals surface area (Å²) < 4.78 is 19.1. The molecule has 1 heterocycles. The van der Waals surface area contributed by atoms with Gasteiger partial charge in [-0.2, -0.15) is 0 Å². The number of hydrogen-bond acceptors (Lipinski definition) is 3. The standard InChI is InChI=1S/C18H28BrFN4O.HI/c1-2-21-18(22-7-3-9-24-10-12-25-13-11-24)23-8-6-15-4-5-17(20)16(19)14-15;/h4-5,14H,2-3,6-13H2,1H3,(H2,21,22,23);1H. The minimum Gasteiger partial charge on any atom is -0.379 e. The van der Waals surface area contributed by atoms with Crippen molar-refractivity contribution in [3.05, 3.63) is 34.1 Å². The molecule has 1 aromatic carbocycles. The number of hydrogen-bond donors (Lipinski definition) is 2. The Hall–Kier alpha value is -0.450. The zero-order valence-corrected chi connectivity index (χ0v) is 19.2. The highest BCUT2D eigenvalue weighted by molar-refractivity contribution is 14.0. The summed E-state index contributed by atoms with van der Waals surface area (Å²) in [5.41, 5.74) is 1.09. The quantitative estimate of drug-likeness (QED) is 0.229. The highest BCUT2D eigenvalue weighted by atomic mass is 127. The van der Waals surface area contributed by atoms with Crippen molar-refractivity contribution in [1.29, 1.82) is 0 Å². The summed E-state index contributed by atoms with van der Waals surface area (Å²) in [4.78, 5) is 7.05. The normalized spacial score (nSPS) is 15.4. The van der Waals surface area contributed by atoms with Gasteiger partial charge in [0.2, 0.25) is 0 Å². The Labute approximate surface area is 181 Å². The molecule has 1 aliphatic rings. The molecule has 1 aromatic rings. The molecule has 148 valence electrons. The van der Waals surface area contributed by atoms with Gasteiger partial charge >= 0.3 is 0 Å². The van der Waals surface area contributed by atoms with Crippen LogP contribution in [0.2, 0.25) is 0 Å². The number of guanidine groups is 1. The monoisotopic (exact) mass is 542 g/mol. The molecule has 2 rings (SSSR count). The second-order valence-electron chi connectivity index (χ2n) is 5.99. The first-order valence-electron chi connectivity index (χ1n) is 8.95. The number of ether oxygens (including phenoxy) is 1. The van der Waals surface area contributed by atoms with Gasteiger partial charge < -0.3 is 15.4 Å². The van der Waals surface area contributed by atoms with Crippen LogP contribution in [0.25, 0.3) is 0 Å². The molecule has 26 heavy (non-hydrogen) atoms. The average Bonchev–Trinajstić information content (AvgIpc) is 2.62. The number of halogens is 3. The summed E-state index contributed by atoms with van der Waals surface area (Å²) in [5.74, 6) is 0.609. The van der Waals surface area contributed by atoms with E-state index in [1.807, 2.05) is 12.1 Å². The number of nitrogens with zero attached hydrogens (tertiary/aromatic N) is 2. The fraction of sp³-hybridized carbons (Fsp3) is 0.611. The SMILES string of the molecule is CCNC(=NCCCN1CCOCC1)NCCc1ccc(F)c(Br)c1.I. The summed E-state index contributed by atoms with van der Waals surface area (Å²) in [6, 6.07) is 5.13. The lowest BCUT2D eigenvalue weighted by molar-refractivity contribution is 0.0377. The lowest BCUT2D eigenvalue weighted by atomic mass is 10.1. The third-order valence-corrected chi connectivity index (χ3v) is 4.65. The molecule has 2 N–H and O–H groups in total. The van der Waals surface area contributed by atoms with E-state index in [1.54, 1.807) is 0 Å². The van der Waals surface area contributed by atoms with Gasteiger partial charge in [-0.1, -0.05) is 6.07 Å². The maximum Gasteiger partial charge on any atom is 0.191 e. The number of benzene rings is 1. The van der Waals surface area contributed by atoms with Crippen molar-refractivity contribution in [2.45, 2.75) is 19.8 Å². The van der Waals surface area contributed by atoms with Gasteiger partial charge in [0, 0.05) is 39.3 Å². The van der Waals surface area contributed by atoms with Crippen LogP contribution in [0.15, 0.2) is 27.7 Å². The minimum atomic E-state index is -0.230. The molecule has 0 atom stereocenters. The lowest BCUT2D eigenvalue weighted by Crippen LogP contribution is -2.39. The molecule has 0 radical (unpaired) electrons. The van der Waals surface area contributed by atoms with Crippen molar-refractivity contribution in [2.75, 3.05) is 52.5 Å². The summed E-state index contributed by atoms with van der Waals surface area (Å²) in [5, 5.41) is 6.60. The average molecular weight is 543 g/mol. The van der Waals surface area contributed by atoms with E-state index in [-0.39, 0.29) is 29.8 Å². The topological polar surface area (TPSA) is 48.9 Å². The molecule has 1 fully saturated rings. The Morgan fingerprint density at radius 2 is 2.08 bits per heavy atom. The van der Waals surface area contributed by atoms with Crippen LogP contribution in [0.5, 0.6) is 0 Å². The van der Waals surface area contributed by atoms with E-state index >= 15 is 0 Å². The zero-order valence-electron chi connectivity index (χ0n) is 15.3. The highest BCUT2D eigenvalue weighted by Gasteiger charge is 2.09. The van der Waals surface area contributed by atoms with Crippen LogP contribution in [-0.4, -0.2) is 63.3 Å². The Bertz CT molecular complexity index is 556. The molecule has 0 saturated carbocycles. The van der Waals surface area contributed by atoms with E-state index < -0.39 is 0 Å². The third-order valence-electron chi connectivity index (χ3n) is 4.04. The lowest BCUT2D eigenvalue weighted by Gasteiger charge is -2.26. The maximum absolute atomic E-state index is 13.3. The van der Waals surface area contributed by atoms with Crippen molar-refractivity contribution in [3.63, 3.8) is 0 Å². The van der Waals surface area contributed by atoms with Gasteiger partial charge in [-0.25, -0.2) is 4.39 Å². The number of aliphatic imine (C=N–C) groups is 1. The van der Waals surface area contributed by atoms with Crippen LogP contribution < -0.4 is 10.6 Å². The fourth-order valence-corrected chi connectivity index (χ4v) is 3.10. The van der Waals surface area contributed by atoms with Gasteiger partial charge in [0.1, 0.15) is 5.82 Å². The summed E-state index contributed by atoms with van der Waals surface area (Å²) in [7, 11) is 0. The van der Waals surface area contributed by atoms with Crippen molar-refractivity contribution in [1.82, 2.24) is 15.5 Å². The van der Waals surface area contributed by atoms with Crippen molar-refractivity contribution >= 4 is 45.9 Å². The van der Waals surface area contributed by atoms with Crippen molar-refractivity contribution < 1.29 is 9.13 Å². The smallest absolute Gasteiger partial charge is 0.191 e. The van der Waals surface area contributed by atoms with Crippen LogP contribution in [0, 0.1) is 5.82 Å². The van der Waals surface area contributed by atoms with E-state index in [4.69, 9.17) is 4.74 Å². The molecular formula is C18H29BrFIN4O. The first-order valence-corrected chi connectivity index (χ1v) is 9.74. The van der Waals surface area contributed by atoms with Crippen molar-refractivity contribution in [2.24, 2.45) is 4.99 Å². The highest BCUT2D eigenvalue weighted by Crippen LogP contribution is 2.16. The predicted octanol–water partition coefficient (Wildman–Crippen LogP) is 3.03. The molecule has 1 aliphatic heterocycles. The van der Waals surface area contributed by atoms with Crippen LogP contribution >= 0.6 is 39.9 Å². The molecular weight excluding hydrogens is 514 g/mol. The molecule has 8 heteroatoms. The number of nitrogens with one attached hydrogen (secondary N) is 2. The van der Waals surface area contributed by atoms with Crippen LogP contribution in [0.4, 0.5) is 4.39 Å².